The third-order valence-corrected chi connectivity index (χ3v) is 3.77. The predicted molar refractivity (Wildman–Crippen MR) is 82.0 cm³/mol. The van der Waals surface area contributed by atoms with Crippen LogP contribution in [0.1, 0.15) is 12.5 Å². The maximum atomic E-state index is 12.3. The SMILES string of the molecule is CCN1CCN(C(=O)NC(O)(C(N)=O)c2ccccc2)C(=O)C1=O. The molecule has 0 radical (unpaired) electrons. The van der Waals surface area contributed by atoms with Crippen LogP contribution in [0.5, 0.6) is 0 Å². The van der Waals surface area contributed by atoms with Gasteiger partial charge in [-0.2, -0.15) is 0 Å². The first kappa shape index (κ1) is 17.4. The summed E-state index contributed by atoms with van der Waals surface area (Å²) in [6.45, 7) is 2.18. The van der Waals surface area contributed by atoms with E-state index in [-0.39, 0.29) is 18.7 Å². The van der Waals surface area contributed by atoms with E-state index in [1.54, 1.807) is 25.1 Å². The second-order valence-corrected chi connectivity index (χ2v) is 5.21. The minimum Gasteiger partial charge on any atom is -0.365 e. The first-order chi connectivity index (χ1) is 11.3. The number of piperazine rings is 1. The number of benzene rings is 1. The maximum absolute atomic E-state index is 12.3. The van der Waals surface area contributed by atoms with Crippen molar-refractivity contribution in [1.82, 2.24) is 15.1 Å². The molecule has 1 aliphatic heterocycles. The van der Waals surface area contributed by atoms with Crippen LogP contribution in [0.3, 0.4) is 0 Å². The zero-order valence-electron chi connectivity index (χ0n) is 13.1. The molecule has 9 nitrogen and oxygen atoms in total. The minimum absolute atomic E-state index is 0.0387. The van der Waals surface area contributed by atoms with E-state index in [9.17, 15) is 24.3 Å². The molecule has 5 amide bonds. The molecule has 1 fully saturated rings. The van der Waals surface area contributed by atoms with Crippen LogP contribution in [0.4, 0.5) is 4.79 Å². The van der Waals surface area contributed by atoms with Crippen LogP contribution in [0, 0.1) is 0 Å². The molecule has 0 aromatic heterocycles. The van der Waals surface area contributed by atoms with Crippen molar-refractivity contribution in [2.75, 3.05) is 19.6 Å². The molecule has 128 valence electrons. The van der Waals surface area contributed by atoms with Crippen LogP contribution in [0.15, 0.2) is 30.3 Å². The molecule has 1 atom stereocenters. The molecule has 0 bridgehead atoms. The second-order valence-electron chi connectivity index (χ2n) is 5.21. The Bertz CT molecular complexity index is 678. The highest BCUT2D eigenvalue weighted by atomic mass is 16.3. The number of primary amides is 1. The average Bonchev–Trinajstić information content (AvgIpc) is 2.57. The van der Waals surface area contributed by atoms with Crippen molar-refractivity contribution in [3.63, 3.8) is 0 Å². The van der Waals surface area contributed by atoms with Gasteiger partial charge in [0.2, 0.25) is 5.72 Å². The van der Waals surface area contributed by atoms with Gasteiger partial charge in [0.15, 0.2) is 0 Å². The Morgan fingerprint density at radius 3 is 2.38 bits per heavy atom. The molecule has 1 aromatic carbocycles. The standard InChI is InChI=1S/C15H18N4O5/c1-2-18-8-9-19(12(21)11(18)20)14(23)17-15(24,13(16)22)10-6-4-3-5-7-10/h3-7,24H,2,8-9H2,1H3,(H2,16,22)(H,17,23). The highest BCUT2D eigenvalue weighted by molar-refractivity contribution is 6.38. The van der Waals surface area contributed by atoms with Gasteiger partial charge in [-0.05, 0) is 6.92 Å². The third kappa shape index (κ3) is 3.06. The number of carbonyl (C=O) groups is 4. The Morgan fingerprint density at radius 2 is 1.83 bits per heavy atom. The number of aliphatic hydroxyl groups is 1. The van der Waals surface area contributed by atoms with E-state index in [1.807, 2.05) is 5.32 Å². The average molecular weight is 334 g/mol. The number of hydrogen-bond acceptors (Lipinski definition) is 5. The molecule has 1 aliphatic rings. The summed E-state index contributed by atoms with van der Waals surface area (Å²) in [5.41, 5.74) is 2.75. The van der Waals surface area contributed by atoms with E-state index in [0.717, 1.165) is 0 Å². The number of rotatable bonds is 4. The lowest BCUT2D eigenvalue weighted by Gasteiger charge is -2.34. The number of amides is 5. The predicted octanol–water partition coefficient (Wildman–Crippen LogP) is -1.28. The van der Waals surface area contributed by atoms with Crippen LogP contribution >= 0.6 is 0 Å². The van der Waals surface area contributed by atoms with Gasteiger partial charge >= 0.3 is 17.8 Å². The first-order valence-electron chi connectivity index (χ1n) is 7.32. The number of nitrogens with two attached hydrogens (primary N) is 1. The number of imide groups is 1. The number of hydrogen-bond donors (Lipinski definition) is 3. The molecule has 24 heavy (non-hydrogen) atoms. The molecule has 9 heteroatoms. The van der Waals surface area contributed by atoms with E-state index in [1.165, 1.54) is 17.0 Å². The van der Waals surface area contributed by atoms with Crippen molar-refractivity contribution < 1.29 is 24.3 Å². The fourth-order valence-corrected chi connectivity index (χ4v) is 2.35. The molecule has 1 saturated heterocycles. The Labute approximate surface area is 138 Å². The molecule has 1 heterocycles. The fourth-order valence-electron chi connectivity index (χ4n) is 2.35. The smallest absolute Gasteiger partial charge is 0.327 e. The fraction of sp³-hybridized carbons (Fsp3) is 0.333. The quantitative estimate of drug-likeness (QED) is 0.466. The van der Waals surface area contributed by atoms with Gasteiger partial charge < -0.3 is 15.7 Å². The van der Waals surface area contributed by atoms with E-state index >= 15 is 0 Å². The van der Waals surface area contributed by atoms with Gasteiger partial charge in [-0.1, -0.05) is 30.3 Å². The zero-order chi connectivity index (χ0) is 17.9. The lowest BCUT2D eigenvalue weighted by Crippen LogP contribution is -2.63. The molecule has 0 saturated carbocycles. The number of urea groups is 1. The van der Waals surface area contributed by atoms with Crippen LogP contribution in [-0.4, -0.2) is 58.3 Å². The van der Waals surface area contributed by atoms with Crippen molar-refractivity contribution in [2.24, 2.45) is 5.73 Å². The molecule has 0 spiro atoms. The maximum Gasteiger partial charge on any atom is 0.327 e. The van der Waals surface area contributed by atoms with Gasteiger partial charge in [-0.25, -0.2) is 4.79 Å². The van der Waals surface area contributed by atoms with Gasteiger partial charge in [0.25, 0.3) is 5.91 Å². The molecule has 1 aromatic rings. The lowest BCUT2D eigenvalue weighted by atomic mass is 10.0. The van der Waals surface area contributed by atoms with E-state index in [0.29, 0.717) is 11.4 Å². The van der Waals surface area contributed by atoms with Crippen molar-refractivity contribution in [3.05, 3.63) is 35.9 Å². The summed E-state index contributed by atoms with van der Waals surface area (Å²) in [6, 6.07) is 6.46. The highest BCUT2D eigenvalue weighted by Gasteiger charge is 2.42. The molecule has 4 N–H and O–H groups in total. The number of nitrogens with zero attached hydrogens (tertiary/aromatic N) is 2. The number of nitrogens with one attached hydrogen (secondary N) is 1. The summed E-state index contributed by atoms with van der Waals surface area (Å²) in [7, 11) is 0. The molecule has 2 rings (SSSR count). The van der Waals surface area contributed by atoms with Gasteiger partial charge in [-0.3, -0.25) is 24.6 Å². The normalized spacial score (nSPS) is 17.4. The van der Waals surface area contributed by atoms with Crippen molar-refractivity contribution in [1.29, 1.82) is 0 Å². The van der Waals surface area contributed by atoms with Crippen LogP contribution < -0.4 is 11.1 Å². The number of likely N-dealkylation sites (N-methyl/N-ethyl adjacent to an activating group) is 1. The van der Waals surface area contributed by atoms with E-state index in [4.69, 9.17) is 5.73 Å². The molecular formula is C15H18N4O5. The summed E-state index contributed by atoms with van der Waals surface area (Å²) in [5.74, 6) is -3.06. The summed E-state index contributed by atoms with van der Waals surface area (Å²) in [5, 5.41) is 12.5. The molecular weight excluding hydrogens is 316 g/mol. The minimum atomic E-state index is -2.50. The monoisotopic (exact) mass is 334 g/mol. The van der Waals surface area contributed by atoms with Crippen LogP contribution in [0.2, 0.25) is 0 Å². The Balaban J connectivity index is 2.22. The first-order valence-corrected chi connectivity index (χ1v) is 7.32. The van der Waals surface area contributed by atoms with Crippen molar-refractivity contribution >= 4 is 23.8 Å². The largest absolute Gasteiger partial charge is 0.365 e. The molecule has 1 unspecified atom stereocenters. The summed E-state index contributed by atoms with van der Waals surface area (Å²) >= 11 is 0. The Hall–Kier alpha value is -2.94. The lowest BCUT2D eigenvalue weighted by molar-refractivity contribution is -0.154. The summed E-state index contributed by atoms with van der Waals surface area (Å²) < 4.78 is 0. The third-order valence-electron chi connectivity index (χ3n) is 3.77. The Morgan fingerprint density at radius 1 is 1.21 bits per heavy atom. The summed E-state index contributed by atoms with van der Waals surface area (Å²) in [6.07, 6.45) is 0. The van der Waals surface area contributed by atoms with Crippen molar-refractivity contribution in [2.45, 2.75) is 12.6 Å². The van der Waals surface area contributed by atoms with Gasteiger partial charge in [0.05, 0.1) is 0 Å². The van der Waals surface area contributed by atoms with E-state index in [2.05, 4.69) is 0 Å². The molecule has 0 aliphatic carbocycles. The van der Waals surface area contributed by atoms with Gasteiger partial charge in [-0.15, -0.1) is 0 Å². The topological polar surface area (TPSA) is 133 Å². The zero-order valence-corrected chi connectivity index (χ0v) is 13.1. The van der Waals surface area contributed by atoms with Gasteiger partial charge in [0.1, 0.15) is 0 Å². The van der Waals surface area contributed by atoms with Crippen molar-refractivity contribution in [3.8, 4) is 0 Å². The number of carbonyl (C=O) groups excluding carboxylic acids is 4. The highest BCUT2D eigenvalue weighted by Crippen LogP contribution is 2.18. The second kappa shape index (κ2) is 6.67. The van der Waals surface area contributed by atoms with Crippen LogP contribution in [0.25, 0.3) is 0 Å². The van der Waals surface area contributed by atoms with Crippen LogP contribution in [-0.2, 0) is 20.1 Å². The van der Waals surface area contributed by atoms with Gasteiger partial charge in [0, 0.05) is 25.2 Å². The summed E-state index contributed by atoms with van der Waals surface area (Å²) in [4.78, 5) is 49.7. The van der Waals surface area contributed by atoms with E-state index < -0.39 is 29.5 Å². The Kier molecular flexibility index (Phi) is 4.84.